The molecule has 1 aliphatic heterocycles. The van der Waals surface area contributed by atoms with Gasteiger partial charge < -0.3 is 10.6 Å². The van der Waals surface area contributed by atoms with Gasteiger partial charge in [0.15, 0.2) is 0 Å². The van der Waals surface area contributed by atoms with Crippen LogP contribution < -0.4 is 10.6 Å². The lowest BCUT2D eigenvalue weighted by molar-refractivity contribution is -0.122. The summed E-state index contributed by atoms with van der Waals surface area (Å²) >= 11 is 5.90. The second-order valence-electron chi connectivity index (χ2n) is 4.05. The van der Waals surface area contributed by atoms with E-state index in [4.69, 9.17) is 11.6 Å². The highest BCUT2D eigenvalue weighted by molar-refractivity contribution is 6.30. The Morgan fingerprint density at radius 2 is 2.38 bits per heavy atom. The Hall–Kier alpha value is -1.06. The van der Waals surface area contributed by atoms with E-state index in [1.807, 2.05) is 24.3 Å². The largest absolute Gasteiger partial charge is 0.355 e. The zero-order valence-corrected chi connectivity index (χ0v) is 9.76. The molecular weight excluding hydrogens is 224 g/mol. The molecule has 1 atom stereocenters. The Morgan fingerprint density at radius 1 is 1.50 bits per heavy atom. The molecule has 1 aromatic carbocycles. The molecule has 86 valence electrons. The van der Waals surface area contributed by atoms with E-state index in [-0.39, 0.29) is 5.91 Å². The van der Waals surface area contributed by atoms with Crippen molar-refractivity contribution in [1.82, 2.24) is 10.6 Å². The van der Waals surface area contributed by atoms with Gasteiger partial charge in [-0.25, -0.2) is 0 Å². The van der Waals surface area contributed by atoms with Crippen molar-refractivity contribution in [3.8, 4) is 0 Å². The third-order valence-corrected chi connectivity index (χ3v) is 2.98. The minimum atomic E-state index is 0.154. The van der Waals surface area contributed by atoms with Crippen LogP contribution in [-0.2, 0) is 11.3 Å². The summed E-state index contributed by atoms with van der Waals surface area (Å²) < 4.78 is 0. The highest BCUT2D eigenvalue weighted by Crippen LogP contribution is 2.11. The summed E-state index contributed by atoms with van der Waals surface area (Å²) in [6.45, 7) is 1.51. The lowest BCUT2D eigenvalue weighted by atomic mass is 10.1. The van der Waals surface area contributed by atoms with Crippen LogP contribution in [-0.4, -0.2) is 18.5 Å². The van der Waals surface area contributed by atoms with E-state index < -0.39 is 0 Å². The molecule has 2 rings (SSSR count). The number of nitrogens with one attached hydrogen (secondary N) is 2. The van der Waals surface area contributed by atoms with Gasteiger partial charge >= 0.3 is 0 Å². The van der Waals surface area contributed by atoms with Crippen molar-refractivity contribution in [2.75, 3.05) is 6.54 Å². The first kappa shape index (κ1) is 11.4. The van der Waals surface area contributed by atoms with Gasteiger partial charge in [-0.2, -0.15) is 0 Å². The van der Waals surface area contributed by atoms with E-state index in [0.29, 0.717) is 12.5 Å². The van der Waals surface area contributed by atoms with Crippen LogP contribution in [0.25, 0.3) is 0 Å². The van der Waals surface area contributed by atoms with E-state index in [1.54, 1.807) is 0 Å². The quantitative estimate of drug-likeness (QED) is 0.842. The summed E-state index contributed by atoms with van der Waals surface area (Å²) in [5, 5.41) is 7.02. The normalized spacial score (nSPS) is 20.6. The van der Waals surface area contributed by atoms with Crippen molar-refractivity contribution in [3.63, 3.8) is 0 Å². The van der Waals surface area contributed by atoms with Crippen molar-refractivity contribution >= 4 is 17.5 Å². The predicted molar refractivity (Wildman–Crippen MR) is 64.3 cm³/mol. The molecule has 0 aromatic heterocycles. The molecular formula is C12H15ClN2O. The summed E-state index contributed by atoms with van der Waals surface area (Å²) in [7, 11) is 0. The van der Waals surface area contributed by atoms with Crippen LogP contribution in [0.15, 0.2) is 24.3 Å². The van der Waals surface area contributed by atoms with E-state index in [2.05, 4.69) is 10.6 Å². The van der Waals surface area contributed by atoms with E-state index in [9.17, 15) is 4.79 Å². The van der Waals surface area contributed by atoms with Gasteiger partial charge in [-0.05, 0) is 24.1 Å². The fourth-order valence-corrected chi connectivity index (χ4v) is 2.03. The summed E-state index contributed by atoms with van der Waals surface area (Å²) in [4.78, 5) is 11.0. The van der Waals surface area contributed by atoms with Gasteiger partial charge in [0.1, 0.15) is 0 Å². The van der Waals surface area contributed by atoms with Gasteiger partial charge in [-0.15, -0.1) is 0 Å². The van der Waals surface area contributed by atoms with Crippen molar-refractivity contribution in [3.05, 3.63) is 34.9 Å². The maximum absolute atomic E-state index is 11.0. The van der Waals surface area contributed by atoms with E-state index in [1.165, 1.54) is 5.56 Å². The molecule has 0 saturated carbocycles. The molecule has 1 fully saturated rings. The van der Waals surface area contributed by atoms with Gasteiger partial charge in [-0.1, -0.05) is 23.7 Å². The third kappa shape index (κ3) is 3.22. The summed E-state index contributed by atoms with van der Waals surface area (Å²) in [5.41, 5.74) is 1.17. The molecule has 4 heteroatoms. The molecule has 1 amide bonds. The summed E-state index contributed by atoms with van der Waals surface area (Å²) in [6, 6.07) is 8.18. The lowest BCUT2D eigenvalue weighted by Crippen LogP contribution is -2.45. The molecule has 1 saturated heterocycles. The van der Waals surface area contributed by atoms with Crippen LogP contribution >= 0.6 is 11.6 Å². The Labute approximate surface area is 100 Å². The topological polar surface area (TPSA) is 41.1 Å². The monoisotopic (exact) mass is 238 g/mol. The van der Waals surface area contributed by atoms with Crippen molar-refractivity contribution in [1.29, 1.82) is 0 Å². The number of amides is 1. The number of hydrogen-bond donors (Lipinski definition) is 2. The number of piperidine rings is 1. The second-order valence-corrected chi connectivity index (χ2v) is 4.49. The van der Waals surface area contributed by atoms with Gasteiger partial charge in [0, 0.05) is 30.6 Å². The molecule has 0 radical (unpaired) electrons. The average Bonchev–Trinajstić information content (AvgIpc) is 2.28. The Balaban J connectivity index is 1.81. The van der Waals surface area contributed by atoms with Crippen molar-refractivity contribution < 1.29 is 4.79 Å². The van der Waals surface area contributed by atoms with Crippen LogP contribution in [0.1, 0.15) is 18.4 Å². The molecule has 0 aliphatic carbocycles. The molecule has 1 unspecified atom stereocenters. The number of carbonyl (C=O) groups excluding carboxylic acids is 1. The first-order chi connectivity index (χ1) is 7.74. The van der Waals surface area contributed by atoms with Crippen LogP contribution in [0.3, 0.4) is 0 Å². The molecule has 16 heavy (non-hydrogen) atoms. The molecule has 3 nitrogen and oxygen atoms in total. The van der Waals surface area contributed by atoms with Gasteiger partial charge in [0.05, 0.1) is 0 Å². The zero-order valence-electron chi connectivity index (χ0n) is 9.00. The maximum Gasteiger partial charge on any atom is 0.220 e. The van der Waals surface area contributed by atoms with Crippen LogP contribution in [0.4, 0.5) is 0 Å². The van der Waals surface area contributed by atoms with Gasteiger partial charge in [-0.3, -0.25) is 4.79 Å². The first-order valence-corrected chi connectivity index (χ1v) is 5.86. The fourth-order valence-electron chi connectivity index (χ4n) is 1.82. The molecule has 1 heterocycles. The predicted octanol–water partition coefficient (Wildman–Crippen LogP) is 1.71. The maximum atomic E-state index is 11.0. The average molecular weight is 239 g/mol. The minimum Gasteiger partial charge on any atom is -0.355 e. The van der Waals surface area contributed by atoms with Crippen LogP contribution in [0.2, 0.25) is 5.02 Å². The molecule has 0 spiro atoms. The minimum absolute atomic E-state index is 0.154. The van der Waals surface area contributed by atoms with Gasteiger partial charge in [0.25, 0.3) is 0 Å². The molecule has 2 N–H and O–H groups in total. The molecule has 1 aromatic rings. The third-order valence-electron chi connectivity index (χ3n) is 2.75. The SMILES string of the molecule is O=C1CCC(NCc2cccc(Cl)c2)CN1. The van der Waals surface area contributed by atoms with Gasteiger partial charge in [0.2, 0.25) is 5.91 Å². The fraction of sp³-hybridized carbons (Fsp3) is 0.417. The number of carbonyl (C=O) groups is 1. The molecule has 1 aliphatic rings. The Bertz CT molecular complexity index is 371. The van der Waals surface area contributed by atoms with Crippen LogP contribution in [0.5, 0.6) is 0 Å². The van der Waals surface area contributed by atoms with E-state index in [0.717, 1.165) is 24.5 Å². The zero-order chi connectivity index (χ0) is 11.4. The van der Waals surface area contributed by atoms with Crippen molar-refractivity contribution in [2.24, 2.45) is 0 Å². The summed E-state index contributed by atoms with van der Waals surface area (Å²) in [6.07, 6.45) is 1.53. The smallest absolute Gasteiger partial charge is 0.220 e. The van der Waals surface area contributed by atoms with Crippen molar-refractivity contribution in [2.45, 2.75) is 25.4 Å². The number of benzene rings is 1. The first-order valence-electron chi connectivity index (χ1n) is 5.48. The number of rotatable bonds is 3. The highest BCUT2D eigenvalue weighted by Gasteiger charge is 2.16. The lowest BCUT2D eigenvalue weighted by Gasteiger charge is -2.23. The Kier molecular flexibility index (Phi) is 3.80. The highest BCUT2D eigenvalue weighted by atomic mass is 35.5. The standard InChI is InChI=1S/C12H15ClN2O/c13-10-3-1-2-9(6-10)7-14-11-4-5-12(16)15-8-11/h1-3,6,11,14H,4-5,7-8H2,(H,15,16). The number of halogens is 1. The van der Waals surface area contributed by atoms with Crippen LogP contribution in [0, 0.1) is 0 Å². The van der Waals surface area contributed by atoms with E-state index >= 15 is 0 Å². The molecule has 0 bridgehead atoms. The number of hydrogen-bond acceptors (Lipinski definition) is 2. The summed E-state index contributed by atoms with van der Waals surface area (Å²) in [5.74, 6) is 0.154. The second kappa shape index (κ2) is 5.32. The Morgan fingerprint density at radius 3 is 3.06 bits per heavy atom.